The molecule has 0 saturated heterocycles. The Morgan fingerprint density at radius 3 is 2.55 bits per heavy atom. The highest BCUT2D eigenvalue weighted by molar-refractivity contribution is 8.00. The van der Waals surface area contributed by atoms with E-state index in [9.17, 15) is 14.4 Å². The number of para-hydroxylation sites is 2. The third-order valence-electron chi connectivity index (χ3n) is 4.00. The zero-order chi connectivity index (χ0) is 20.8. The van der Waals surface area contributed by atoms with Crippen molar-refractivity contribution in [2.75, 3.05) is 18.5 Å². The lowest BCUT2D eigenvalue weighted by molar-refractivity contribution is -0.123. The van der Waals surface area contributed by atoms with E-state index in [2.05, 4.69) is 16.2 Å². The molecule has 1 atom stereocenters. The summed E-state index contributed by atoms with van der Waals surface area (Å²) in [7, 11) is 0. The molecule has 0 radical (unpaired) electrons. The fraction of sp³-hybridized carbons (Fsp3) is 0.250. The largest absolute Gasteiger partial charge is 0.490 e. The predicted octanol–water partition coefficient (Wildman–Crippen LogP) is 2.36. The van der Waals surface area contributed by atoms with Crippen LogP contribution in [-0.4, -0.2) is 36.2 Å². The van der Waals surface area contributed by atoms with E-state index >= 15 is 0 Å². The van der Waals surface area contributed by atoms with E-state index in [0.29, 0.717) is 29.4 Å². The van der Waals surface area contributed by atoms with Gasteiger partial charge < -0.3 is 14.8 Å². The normalized spacial score (nSPS) is 15.0. The number of carbonyl (C=O) groups excluding carboxylic acids is 3. The number of hydrogen-bond acceptors (Lipinski definition) is 6. The number of benzene rings is 2. The van der Waals surface area contributed by atoms with Gasteiger partial charge in [0.2, 0.25) is 5.91 Å². The fourth-order valence-corrected chi connectivity index (χ4v) is 3.50. The number of anilines is 1. The number of ether oxygens (including phenoxy) is 2. The summed E-state index contributed by atoms with van der Waals surface area (Å²) in [4.78, 5) is 37.0. The molecular weight excluding hydrogens is 394 g/mol. The molecule has 1 aliphatic rings. The first-order chi connectivity index (χ1) is 14.0. The van der Waals surface area contributed by atoms with Gasteiger partial charge in [0.1, 0.15) is 0 Å². The Morgan fingerprint density at radius 2 is 1.83 bits per heavy atom. The molecule has 3 rings (SSSR count). The third kappa shape index (κ3) is 5.20. The van der Waals surface area contributed by atoms with Crippen molar-refractivity contribution in [1.29, 1.82) is 0 Å². The van der Waals surface area contributed by atoms with Crippen molar-refractivity contribution in [3.8, 4) is 11.5 Å². The van der Waals surface area contributed by atoms with E-state index in [0.717, 1.165) is 4.90 Å². The Labute approximate surface area is 172 Å². The van der Waals surface area contributed by atoms with Crippen molar-refractivity contribution in [2.45, 2.75) is 24.0 Å². The molecule has 152 valence electrons. The van der Waals surface area contributed by atoms with Gasteiger partial charge in [0.05, 0.1) is 17.5 Å². The fourth-order valence-electron chi connectivity index (χ4n) is 2.57. The first kappa shape index (κ1) is 20.5. The molecule has 1 heterocycles. The minimum absolute atomic E-state index is 0.113. The summed E-state index contributed by atoms with van der Waals surface area (Å²) in [5, 5.41) is 2.58. The molecule has 0 fully saturated rings. The van der Waals surface area contributed by atoms with Crippen LogP contribution in [0.5, 0.6) is 11.5 Å². The van der Waals surface area contributed by atoms with Crippen LogP contribution in [0.25, 0.3) is 0 Å². The molecule has 0 bridgehead atoms. The average Bonchev–Trinajstić information content (AvgIpc) is 2.72. The molecule has 0 saturated carbocycles. The topological polar surface area (TPSA) is 106 Å². The molecular formula is C20H21N3O5S. The van der Waals surface area contributed by atoms with Crippen molar-refractivity contribution in [1.82, 2.24) is 10.9 Å². The molecule has 0 aliphatic carbocycles. The Hall–Kier alpha value is -3.20. The summed E-state index contributed by atoms with van der Waals surface area (Å²) in [5.74, 6) is -0.171. The van der Waals surface area contributed by atoms with Crippen LogP contribution in [0.2, 0.25) is 0 Å². The van der Waals surface area contributed by atoms with Crippen molar-refractivity contribution in [2.24, 2.45) is 0 Å². The van der Waals surface area contributed by atoms with E-state index in [1.165, 1.54) is 11.8 Å². The molecule has 2 aromatic rings. The lowest BCUT2D eigenvalue weighted by Gasteiger charge is -2.21. The number of carbonyl (C=O) groups is 3. The molecule has 8 nitrogen and oxygen atoms in total. The first-order valence-electron chi connectivity index (χ1n) is 9.03. The van der Waals surface area contributed by atoms with Crippen LogP contribution >= 0.6 is 11.8 Å². The number of thioether (sulfide) groups is 1. The van der Waals surface area contributed by atoms with E-state index < -0.39 is 11.8 Å². The Bertz CT molecular complexity index is 934. The number of hydrogen-bond donors (Lipinski definition) is 3. The lowest BCUT2D eigenvalue weighted by atomic mass is 10.2. The maximum atomic E-state index is 12.3. The predicted molar refractivity (Wildman–Crippen MR) is 109 cm³/mol. The number of nitrogens with one attached hydrogen (secondary N) is 3. The first-order valence-corrected chi connectivity index (χ1v) is 9.91. The summed E-state index contributed by atoms with van der Waals surface area (Å²) in [5.41, 5.74) is 5.52. The van der Waals surface area contributed by atoms with Crippen LogP contribution in [0, 0.1) is 0 Å². The third-order valence-corrected chi connectivity index (χ3v) is 5.17. The maximum Gasteiger partial charge on any atom is 0.276 e. The zero-order valence-electron chi connectivity index (χ0n) is 16.0. The average molecular weight is 415 g/mol. The van der Waals surface area contributed by atoms with Gasteiger partial charge in [0.15, 0.2) is 18.1 Å². The Morgan fingerprint density at radius 1 is 1.10 bits per heavy atom. The van der Waals surface area contributed by atoms with Gasteiger partial charge in [-0.05, 0) is 44.2 Å². The van der Waals surface area contributed by atoms with E-state index in [1.807, 2.05) is 13.8 Å². The van der Waals surface area contributed by atoms with Gasteiger partial charge in [-0.25, -0.2) is 0 Å². The summed E-state index contributed by atoms with van der Waals surface area (Å²) < 4.78 is 10.9. The summed E-state index contributed by atoms with van der Waals surface area (Å²) in [6.07, 6.45) is 0. The Balaban J connectivity index is 1.52. The van der Waals surface area contributed by atoms with E-state index in [4.69, 9.17) is 9.47 Å². The number of fused-ring (bicyclic) bond motifs is 1. The van der Waals surface area contributed by atoms with Gasteiger partial charge in [-0.2, -0.15) is 0 Å². The van der Waals surface area contributed by atoms with E-state index in [1.54, 1.807) is 42.5 Å². The number of rotatable bonds is 6. The van der Waals surface area contributed by atoms with Gasteiger partial charge in [-0.15, -0.1) is 11.8 Å². The van der Waals surface area contributed by atoms with Crippen molar-refractivity contribution >= 4 is 35.2 Å². The smallest absolute Gasteiger partial charge is 0.276 e. The second-order valence-corrected chi connectivity index (χ2v) is 7.51. The standard InChI is InChI=1S/C20H21N3O5S/c1-3-27-15-6-4-5-7-16(15)28-11-18(24)22-23-20(26)13-8-9-17-14(10-13)21-19(25)12(2)29-17/h4-10,12H,3,11H2,1-2H3,(H,21,25)(H,22,24)(H,23,26). The molecule has 1 aliphatic heterocycles. The molecule has 1 unspecified atom stereocenters. The summed E-state index contributed by atoms with van der Waals surface area (Å²) in [6.45, 7) is 3.85. The highest BCUT2D eigenvalue weighted by Gasteiger charge is 2.23. The summed E-state index contributed by atoms with van der Waals surface area (Å²) >= 11 is 1.43. The highest BCUT2D eigenvalue weighted by Crippen LogP contribution is 2.35. The van der Waals surface area contributed by atoms with Gasteiger partial charge in [-0.1, -0.05) is 12.1 Å². The summed E-state index contributed by atoms with van der Waals surface area (Å²) in [6, 6.07) is 12.0. The quantitative estimate of drug-likeness (QED) is 0.626. The molecule has 0 spiro atoms. The van der Waals surface area contributed by atoms with Crippen LogP contribution in [0.1, 0.15) is 24.2 Å². The van der Waals surface area contributed by atoms with Crippen LogP contribution in [0.15, 0.2) is 47.4 Å². The SMILES string of the molecule is CCOc1ccccc1OCC(=O)NNC(=O)c1ccc2c(c1)NC(=O)C(C)S2. The molecule has 3 amide bonds. The second-order valence-electron chi connectivity index (χ2n) is 6.13. The Kier molecular flexibility index (Phi) is 6.61. The number of hydrazine groups is 1. The minimum atomic E-state index is -0.528. The number of amides is 3. The maximum absolute atomic E-state index is 12.3. The van der Waals surface area contributed by atoms with Crippen LogP contribution in [-0.2, 0) is 9.59 Å². The minimum Gasteiger partial charge on any atom is -0.490 e. The van der Waals surface area contributed by atoms with Gasteiger partial charge >= 0.3 is 0 Å². The van der Waals surface area contributed by atoms with Gasteiger partial charge in [0, 0.05) is 10.5 Å². The molecule has 9 heteroatoms. The van der Waals surface area contributed by atoms with Gasteiger partial charge in [-0.3, -0.25) is 25.2 Å². The van der Waals surface area contributed by atoms with Crippen molar-refractivity contribution in [3.05, 3.63) is 48.0 Å². The van der Waals surface area contributed by atoms with Crippen molar-refractivity contribution < 1.29 is 23.9 Å². The van der Waals surface area contributed by atoms with Crippen LogP contribution in [0.3, 0.4) is 0 Å². The van der Waals surface area contributed by atoms with Crippen LogP contribution < -0.4 is 25.6 Å². The zero-order valence-corrected chi connectivity index (χ0v) is 16.8. The molecule has 3 N–H and O–H groups in total. The molecule has 0 aromatic heterocycles. The van der Waals surface area contributed by atoms with E-state index in [-0.39, 0.29) is 17.8 Å². The second kappa shape index (κ2) is 9.33. The van der Waals surface area contributed by atoms with Crippen molar-refractivity contribution in [3.63, 3.8) is 0 Å². The lowest BCUT2D eigenvalue weighted by Crippen LogP contribution is -2.43. The molecule has 2 aromatic carbocycles. The highest BCUT2D eigenvalue weighted by atomic mass is 32.2. The van der Waals surface area contributed by atoms with Crippen LogP contribution in [0.4, 0.5) is 5.69 Å². The monoisotopic (exact) mass is 415 g/mol. The van der Waals surface area contributed by atoms with Gasteiger partial charge in [0.25, 0.3) is 11.8 Å². The molecule has 29 heavy (non-hydrogen) atoms.